The molecule has 1 atom stereocenters. The van der Waals surface area contributed by atoms with E-state index in [9.17, 15) is 18.8 Å². The highest BCUT2D eigenvalue weighted by atomic mass is 19.1. The van der Waals surface area contributed by atoms with Crippen LogP contribution in [0.4, 0.5) is 4.39 Å². The summed E-state index contributed by atoms with van der Waals surface area (Å²) in [5.74, 6) is -0.927. The van der Waals surface area contributed by atoms with Gasteiger partial charge in [0.15, 0.2) is 0 Å². The van der Waals surface area contributed by atoms with Gasteiger partial charge < -0.3 is 14.5 Å². The van der Waals surface area contributed by atoms with E-state index >= 15 is 0 Å². The zero-order valence-electron chi connectivity index (χ0n) is 20.6. The lowest BCUT2D eigenvalue weighted by Gasteiger charge is -2.44. The Morgan fingerprint density at radius 2 is 1.44 bits per heavy atom. The molecule has 0 radical (unpaired) electrons. The molecule has 3 aliphatic rings. The normalized spacial score (nSPS) is 21.3. The van der Waals surface area contributed by atoms with Crippen molar-refractivity contribution in [2.24, 2.45) is 0 Å². The van der Waals surface area contributed by atoms with Crippen molar-refractivity contribution in [1.82, 2.24) is 14.7 Å². The first kappa shape index (κ1) is 24.4. The molecule has 3 heterocycles. The van der Waals surface area contributed by atoms with E-state index in [2.05, 4.69) is 6.92 Å². The largest absolute Gasteiger partial charge is 0.353 e. The van der Waals surface area contributed by atoms with Crippen LogP contribution in [-0.2, 0) is 16.0 Å². The van der Waals surface area contributed by atoms with Crippen molar-refractivity contribution >= 4 is 17.7 Å². The molecule has 0 bridgehead atoms. The highest BCUT2D eigenvalue weighted by molar-refractivity contribution is 5.98. The summed E-state index contributed by atoms with van der Waals surface area (Å²) in [6.45, 7) is 4.37. The molecule has 0 aromatic heterocycles. The Labute approximate surface area is 210 Å². The van der Waals surface area contributed by atoms with E-state index in [1.54, 1.807) is 14.7 Å². The first-order valence-electron chi connectivity index (χ1n) is 12.8. The van der Waals surface area contributed by atoms with Crippen LogP contribution >= 0.6 is 0 Å². The maximum atomic E-state index is 13.7. The number of benzene rings is 2. The molecule has 0 saturated carbocycles. The number of amides is 3. The smallest absolute Gasteiger partial charge is 0.256 e. The fourth-order valence-electron chi connectivity index (χ4n) is 5.56. The lowest BCUT2D eigenvalue weighted by Crippen LogP contribution is -2.60. The van der Waals surface area contributed by atoms with Gasteiger partial charge in [-0.25, -0.2) is 4.39 Å². The van der Waals surface area contributed by atoms with Gasteiger partial charge >= 0.3 is 0 Å². The molecule has 3 fully saturated rings. The van der Waals surface area contributed by atoms with Crippen LogP contribution in [0.5, 0.6) is 0 Å². The molecule has 0 aliphatic carbocycles. The van der Waals surface area contributed by atoms with Crippen LogP contribution in [0.25, 0.3) is 0 Å². The molecule has 36 heavy (non-hydrogen) atoms. The number of hydrogen-bond donors (Lipinski definition) is 0. The van der Waals surface area contributed by atoms with Gasteiger partial charge in [0.2, 0.25) is 5.91 Å². The van der Waals surface area contributed by atoms with E-state index in [4.69, 9.17) is 4.74 Å². The van der Waals surface area contributed by atoms with Gasteiger partial charge in [-0.1, -0.05) is 19.1 Å². The van der Waals surface area contributed by atoms with Crippen molar-refractivity contribution in [3.63, 3.8) is 0 Å². The second kappa shape index (κ2) is 10.0. The fourth-order valence-corrected chi connectivity index (χ4v) is 5.56. The second-order valence-electron chi connectivity index (χ2n) is 9.83. The zero-order chi connectivity index (χ0) is 25.3. The van der Waals surface area contributed by atoms with Gasteiger partial charge in [-0.3, -0.25) is 19.3 Å². The van der Waals surface area contributed by atoms with E-state index < -0.39 is 17.6 Å². The molecule has 190 valence electrons. The number of likely N-dealkylation sites (tertiary alicyclic amines) is 2. The topological polar surface area (TPSA) is 70.2 Å². The Balaban J connectivity index is 1.37. The Hall–Kier alpha value is -3.26. The highest BCUT2D eigenvalue weighted by Crippen LogP contribution is 2.39. The molecule has 2 aromatic rings. The molecule has 5 rings (SSSR count). The van der Waals surface area contributed by atoms with Crippen LogP contribution in [0.3, 0.4) is 0 Å². The van der Waals surface area contributed by atoms with E-state index in [0.29, 0.717) is 50.1 Å². The summed E-state index contributed by atoms with van der Waals surface area (Å²) in [6, 6.07) is 12.3. The molecule has 3 amide bonds. The van der Waals surface area contributed by atoms with Gasteiger partial charge in [0.1, 0.15) is 17.6 Å². The lowest BCUT2D eigenvalue weighted by molar-refractivity contribution is -0.136. The second-order valence-corrected chi connectivity index (χ2v) is 9.83. The molecule has 1 unspecified atom stereocenters. The van der Waals surface area contributed by atoms with Crippen LogP contribution in [0, 0.1) is 5.82 Å². The predicted octanol–water partition coefficient (Wildman–Crippen LogP) is 3.48. The summed E-state index contributed by atoms with van der Waals surface area (Å²) < 4.78 is 19.8. The number of ether oxygens (including phenoxy) is 1. The SMILES string of the molecule is CCc1ccc(C(=O)N2CCC3(CC2)OCC(C(=O)N2CCCC2)N3C(=O)c2ccc(F)cc2)cc1. The van der Waals surface area contributed by atoms with Gasteiger partial charge in [0.05, 0.1) is 6.61 Å². The number of rotatable bonds is 4. The number of aryl methyl sites for hydroxylation is 1. The molecule has 3 saturated heterocycles. The molecule has 3 aliphatic heterocycles. The Morgan fingerprint density at radius 1 is 0.861 bits per heavy atom. The Bertz CT molecular complexity index is 1120. The van der Waals surface area contributed by atoms with Gasteiger partial charge in [0.25, 0.3) is 11.8 Å². The number of hydrogen-bond acceptors (Lipinski definition) is 4. The summed E-state index contributed by atoms with van der Waals surface area (Å²) in [4.78, 5) is 45.4. The third-order valence-electron chi connectivity index (χ3n) is 7.71. The first-order chi connectivity index (χ1) is 17.4. The number of nitrogens with zero attached hydrogens (tertiary/aromatic N) is 3. The molecule has 8 heteroatoms. The van der Waals surface area contributed by atoms with Crippen LogP contribution in [-0.4, -0.2) is 77.0 Å². The van der Waals surface area contributed by atoms with Crippen LogP contribution in [0.2, 0.25) is 0 Å². The highest BCUT2D eigenvalue weighted by Gasteiger charge is 2.55. The van der Waals surface area contributed by atoms with Crippen molar-refractivity contribution in [3.05, 3.63) is 71.0 Å². The molecule has 1 spiro atoms. The summed E-state index contributed by atoms with van der Waals surface area (Å²) in [5, 5.41) is 0. The average Bonchev–Trinajstić information content (AvgIpc) is 3.58. The molecular formula is C28H32FN3O4. The zero-order valence-corrected chi connectivity index (χ0v) is 20.6. The van der Waals surface area contributed by atoms with Crippen molar-refractivity contribution in [1.29, 1.82) is 0 Å². The number of halogens is 1. The van der Waals surface area contributed by atoms with E-state index in [-0.39, 0.29) is 24.3 Å². The standard InChI is InChI=1S/C28H32FN3O4/c1-2-20-5-7-21(8-6-20)25(33)31-17-13-28(14-18-31)32(26(34)22-9-11-23(29)12-10-22)24(19-36-28)27(35)30-15-3-4-16-30/h5-12,24H,2-4,13-19H2,1H3. The van der Waals surface area contributed by atoms with Crippen molar-refractivity contribution in [2.45, 2.75) is 50.8 Å². The van der Waals surface area contributed by atoms with E-state index in [0.717, 1.165) is 19.3 Å². The minimum Gasteiger partial charge on any atom is -0.353 e. The first-order valence-corrected chi connectivity index (χ1v) is 12.8. The fraction of sp³-hybridized carbons (Fsp3) is 0.464. The van der Waals surface area contributed by atoms with E-state index in [1.165, 1.54) is 29.8 Å². The van der Waals surface area contributed by atoms with Gasteiger partial charge in [-0.15, -0.1) is 0 Å². The molecule has 0 N–H and O–H groups in total. The Morgan fingerprint density at radius 3 is 2.06 bits per heavy atom. The maximum Gasteiger partial charge on any atom is 0.256 e. The van der Waals surface area contributed by atoms with Crippen LogP contribution in [0.15, 0.2) is 48.5 Å². The number of carbonyl (C=O) groups is 3. The minimum absolute atomic E-state index is 0.0494. The molecular weight excluding hydrogens is 461 g/mol. The van der Waals surface area contributed by atoms with Crippen molar-refractivity contribution in [3.8, 4) is 0 Å². The lowest BCUT2D eigenvalue weighted by atomic mass is 9.96. The van der Waals surface area contributed by atoms with Gasteiger partial charge in [0, 0.05) is 50.1 Å². The predicted molar refractivity (Wildman–Crippen MR) is 132 cm³/mol. The Kier molecular flexibility index (Phi) is 6.79. The molecule has 2 aromatic carbocycles. The third-order valence-corrected chi connectivity index (χ3v) is 7.71. The minimum atomic E-state index is -0.978. The summed E-state index contributed by atoms with van der Waals surface area (Å²) in [7, 11) is 0. The summed E-state index contributed by atoms with van der Waals surface area (Å²) in [5.41, 5.74) is 1.15. The summed E-state index contributed by atoms with van der Waals surface area (Å²) >= 11 is 0. The monoisotopic (exact) mass is 493 g/mol. The van der Waals surface area contributed by atoms with Crippen molar-refractivity contribution in [2.75, 3.05) is 32.8 Å². The third kappa shape index (κ3) is 4.50. The quantitative estimate of drug-likeness (QED) is 0.654. The summed E-state index contributed by atoms with van der Waals surface area (Å²) in [6.07, 6.45) is 3.62. The van der Waals surface area contributed by atoms with E-state index in [1.807, 2.05) is 24.3 Å². The van der Waals surface area contributed by atoms with Crippen LogP contribution in [0.1, 0.15) is 58.9 Å². The number of carbonyl (C=O) groups excluding carboxylic acids is 3. The number of piperidine rings is 1. The van der Waals surface area contributed by atoms with Crippen LogP contribution < -0.4 is 0 Å². The average molecular weight is 494 g/mol. The van der Waals surface area contributed by atoms with Crippen molar-refractivity contribution < 1.29 is 23.5 Å². The maximum absolute atomic E-state index is 13.7. The van der Waals surface area contributed by atoms with Gasteiger partial charge in [-0.05, 0) is 61.2 Å². The molecule has 7 nitrogen and oxygen atoms in total. The van der Waals surface area contributed by atoms with Gasteiger partial charge in [-0.2, -0.15) is 0 Å².